The van der Waals surface area contributed by atoms with Crippen LogP contribution in [0.5, 0.6) is 0 Å². The lowest BCUT2D eigenvalue weighted by atomic mass is 10.1. The number of aromatic nitrogens is 1. The molecule has 1 aromatic heterocycles. The van der Waals surface area contributed by atoms with Gasteiger partial charge in [-0.25, -0.2) is 0 Å². The Kier molecular flexibility index (Phi) is 5.36. The normalized spacial score (nSPS) is 10.3. The van der Waals surface area contributed by atoms with Gasteiger partial charge in [-0.15, -0.1) is 0 Å². The molecule has 3 rings (SSSR count). The van der Waals surface area contributed by atoms with Gasteiger partial charge in [-0.2, -0.15) is 0 Å². The quantitative estimate of drug-likeness (QED) is 0.681. The van der Waals surface area contributed by atoms with Crippen LogP contribution >= 0.6 is 0 Å². The minimum atomic E-state index is 0.107. The van der Waals surface area contributed by atoms with E-state index in [4.69, 9.17) is 0 Å². The summed E-state index contributed by atoms with van der Waals surface area (Å²) in [6.07, 6.45) is 2.86. The van der Waals surface area contributed by atoms with Crippen molar-refractivity contribution in [1.82, 2.24) is 4.98 Å². The van der Waals surface area contributed by atoms with E-state index in [1.165, 1.54) is 0 Å². The standard InChI is InChI=1S/C21H20N2O/c24-21(15-14-19-11-7-8-16-22-19)23(20-12-5-2-6-13-20)17-18-9-3-1-4-10-18/h1-13,16H,14-15,17H2. The van der Waals surface area contributed by atoms with E-state index in [-0.39, 0.29) is 5.91 Å². The number of hydrogen-bond donors (Lipinski definition) is 0. The van der Waals surface area contributed by atoms with Crippen molar-refractivity contribution in [2.45, 2.75) is 19.4 Å². The smallest absolute Gasteiger partial charge is 0.227 e. The van der Waals surface area contributed by atoms with Gasteiger partial charge < -0.3 is 4.90 Å². The van der Waals surface area contributed by atoms with Gasteiger partial charge in [0.1, 0.15) is 0 Å². The van der Waals surface area contributed by atoms with Crippen LogP contribution in [0.3, 0.4) is 0 Å². The topological polar surface area (TPSA) is 33.2 Å². The van der Waals surface area contributed by atoms with E-state index in [1.807, 2.05) is 83.8 Å². The molecule has 3 aromatic rings. The van der Waals surface area contributed by atoms with Gasteiger partial charge in [0.2, 0.25) is 5.91 Å². The molecule has 0 saturated carbocycles. The third-order valence-electron chi connectivity index (χ3n) is 3.87. The molecule has 3 nitrogen and oxygen atoms in total. The van der Waals surface area contributed by atoms with Crippen molar-refractivity contribution in [1.29, 1.82) is 0 Å². The minimum Gasteiger partial charge on any atom is -0.308 e. The van der Waals surface area contributed by atoms with E-state index in [0.29, 0.717) is 19.4 Å². The fourth-order valence-electron chi connectivity index (χ4n) is 2.61. The first-order valence-electron chi connectivity index (χ1n) is 8.12. The summed E-state index contributed by atoms with van der Waals surface area (Å²) < 4.78 is 0. The van der Waals surface area contributed by atoms with Crippen molar-refractivity contribution in [3.8, 4) is 0 Å². The third kappa shape index (κ3) is 4.29. The van der Waals surface area contributed by atoms with Crippen LogP contribution in [0.25, 0.3) is 0 Å². The monoisotopic (exact) mass is 316 g/mol. The first-order valence-corrected chi connectivity index (χ1v) is 8.12. The number of aryl methyl sites for hydroxylation is 1. The Morgan fingerprint density at radius 1 is 0.833 bits per heavy atom. The highest BCUT2D eigenvalue weighted by Crippen LogP contribution is 2.18. The highest BCUT2D eigenvalue weighted by molar-refractivity contribution is 5.93. The number of anilines is 1. The predicted molar refractivity (Wildman–Crippen MR) is 96.6 cm³/mol. The average Bonchev–Trinajstić information content (AvgIpc) is 2.66. The maximum Gasteiger partial charge on any atom is 0.227 e. The van der Waals surface area contributed by atoms with Crippen molar-refractivity contribution in [2.75, 3.05) is 4.90 Å². The van der Waals surface area contributed by atoms with E-state index in [9.17, 15) is 4.79 Å². The Balaban J connectivity index is 1.75. The molecule has 0 aliphatic rings. The molecule has 0 atom stereocenters. The molecule has 120 valence electrons. The maximum atomic E-state index is 12.8. The van der Waals surface area contributed by atoms with Gasteiger partial charge in [-0.05, 0) is 36.2 Å². The van der Waals surface area contributed by atoms with Gasteiger partial charge >= 0.3 is 0 Å². The number of amides is 1. The minimum absolute atomic E-state index is 0.107. The molecular formula is C21H20N2O. The Morgan fingerprint density at radius 2 is 1.50 bits per heavy atom. The summed E-state index contributed by atoms with van der Waals surface area (Å²) >= 11 is 0. The summed E-state index contributed by atoms with van der Waals surface area (Å²) in [6, 6.07) is 25.7. The van der Waals surface area contributed by atoms with Crippen LogP contribution in [0, 0.1) is 0 Å². The van der Waals surface area contributed by atoms with E-state index >= 15 is 0 Å². The fourth-order valence-corrected chi connectivity index (χ4v) is 2.61. The Hall–Kier alpha value is -2.94. The van der Waals surface area contributed by atoms with Crippen LogP contribution in [0.15, 0.2) is 85.1 Å². The van der Waals surface area contributed by atoms with Gasteiger partial charge in [0.05, 0.1) is 6.54 Å². The molecule has 0 unspecified atom stereocenters. The van der Waals surface area contributed by atoms with E-state index in [0.717, 1.165) is 16.9 Å². The second-order valence-electron chi connectivity index (χ2n) is 5.62. The van der Waals surface area contributed by atoms with Crippen molar-refractivity contribution >= 4 is 11.6 Å². The number of carbonyl (C=O) groups excluding carboxylic acids is 1. The molecule has 0 N–H and O–H groups in total. The largest absolute Gasteiger partial charge is 0.308 e. The van der Waals surface area contributed by atoms with Gasteiger partial charge in [0, 0.05) is 24.0 Å². The van der Waals surface area contributed by atoms with Gasteiger partial charge in [-0.3, -0.25) is 9.78 Å². The van der Waals surface area contributed by atoms with Crippen molar-refractivity contribution in [3.05, 3.63) is 96.3 Å². The summed E-state index contributed by atoms with van der Waals surface area (Å²) in [5, 5.41) is 0. The van der Waals surface area contributed by atoms with Gasteiger partial charge in [-0.1, -0.05) is 54.6 Å². The average molecular weight is 316 g/mol. The van der Waals surface area contributed by atoms with Crippen molar-refractivity contribution in [3.63, 3.8) is 0 Å². The number of pyridine rings is 1. The second-order valence-corrected chi connectivity index (χ2v) is 5.62. The summed E-state index contributed by atoms with van der Waals surface area (Å²) in [6.45, 7) is 0.575. The van der Waals surface area contributed by atoms with Gasteiger partial charge in [0.15, 0.2) is 0 Å². The molecule has 0 aliphatic heterocycles. The summed E-state index contributed by atoms with van der Waals surface area (Å²) in [5.41, 5.74) is 2.98. The zero-order chi connectivity index (χ0) is 16.6. The molecule has 0 aliphatic carbocycles. The third-order valence-corrected chi connectivity index (χ3v) is 3.87. The molecule has 0 spiro atoms. The van der Waals surface area contributed by atoms with Crippen LogP contribution < -0.4 is 4.90 Å². The van der Waals surface area contributed by atoms with Crippen LogP contribution in [-0.2, 0) is 17.8 Å². The second kappa shape index (κ2) is 8.06. The van der Waals surface area contributed by atoms with Crippen LogP contribution in [0.4, 0.5) is 5.69 Å². The zero-order valence-corrected chi connectivity index (χ0v) is 13.5. The first-order chi connectivity index (χ1) is 11.8. The van der Waals surface area contributed by atoms with Crippen molar-refractivity contribution in [2.24, 2.45) is 0 Å². The number of rotatable bonds is 6. The first kappa shape index (κ1) is 15.9. The molecule has 1 amide bonds. The van der Waals surface area contributed by atoms with Gasteiger partial charge in [0.25, 0.3) is 0 Å². The van der Waals surface area contributed by atoms with Crippen molar-refractivity contribution < 1.29 is 4.79 Å². The van der Waals surface area contributed by atoms with E-state index < -0.39 is 0 Å². The van der Waals surface area contributed by atoms with Crippen LogP contribution in [-0.4, -0.2) is 10.9 Å². The Morgan fingerprint density at radius 3 is 2.17 bits per heavy atom. The van der Waals surface area contributed by atoms with E-state index in [2.05, 4.69) is 4.98 Å². The highest BCUT2D eigenvalue weighted by Gasteiger charge is 2.16. The Labute approximate surface area is 142 Å². The summed E-state index contributed by atoms with van der Waals surface area (Å²) in [7, 11) is 0. The number of para-hydroxylation sites is 1. The molecule has 1 heterocycles. The number of hydrogen-bond acceptors (Lipinski definition) is 2. The number of carbonyl (C=O) groups is 1. The molecular weight excluding hydrogens is 296 g/mol. The molecule has 0 saturated heterocycles. The maximum absolute atomic E-state index is 12.8. The molecule has 3 heteroatoms. The van der Waals surface area contributed by atoms with Crippen LogP contribution in [0.2, 0.25) is 0 Å². The fraction of sp³-hybridized carbons (Fsp3) is 0.143. The predicted octanol–water partition coefficient (Wildman–Crippen LogP) is 4.25. The summed E-state index contributed by atoms with van der Waals surface area (Å²) in [5.74, 6) is 0.107. The van der Waals surface area contributed by atoms with Crippen LogP contribution in [0.1, 0.15) is 17.7 Å². The summed E-state index contributed by atoms with van der Waals surface area (Å²) in [4.78, 5) is 19.0. The highest BCUT2D eigenvalue weighted by atomic mass is 16.2. The molecule has 0 bridgehead atoms. The Bertz CT molecular complexity index is 758. The SMILES string of the molecule is O=C(CCc1ccccn1)N(Cc1ccccc1)c1ccccc1. The lowest BCUT2D eigenvalue weighted by Gasteiger charge is -2.23. The number of benzene rings is 2. The molecule has 0 radical (unpaired) electrons. The lowest BCUT2D eigenvalue weighted by Crippen LogP contribution is -2.30. The molecule has 24 heavy (non-hydrogen) atoms. The molecule has 0 fully saturated rings. The van der Waals surface area contributed by atoms with E-state index in [1.54, 1.807) is 6.20 Å². The molecule has 2 aromatic carbocycles. The lowest BCUT2D eigenvalue weighted by molar-refractivity contribution is -0.118. The number of nitrogens with zero attached hydrogens (tertiary/aromatic N) is 2. The zero-order valence-electron chi connectivity index (χ0n) is 13.5.